The standard InChI is InChI=1S/C26H32N2O3S.C2H6/c1-4-19(5-2)25(26(30)27-20-11-7-6-8-12-20)28(21-13-9-14-22(17-21)31-3)24(29)18-23-15-10-16-32-23;1-2/h4-5,9-10,13-17,20,25H,1,6-8,11-12,18H2,2-3H3,(H,27,30);1-2H3/b19-5+;. The molecule has 1 aromatic carbocycles. The van der Waals surface area contributed by atoms with E-state index in [0.29, 0.717) is 17.0 Å². The number of nitrogens with one attached hydrogen (secondary N) is 1. The van der Waals surface area contributed by atoms with Crippen molar-refractivity contribution >= 4 is 28.8 Å². The summed E-state index contributed by atoms with van der Waals surface area (Å²) in [5.74, 6) is 0.307. The Balaban J connectivity index is 0.00000199. The molecule has 1 aliphatic carbocycles. The van der Waals surface area contributed by atoms with Crippen LogP contribution < -0.4 is 15.0 Å². The highest BCUT2D eigenvalue weighted by molar-refractivity contribution is 7.10. The molecule has 5 nitrogen and oxygen atoms in total. The summed E-state index contributed by atoms with van der Waals surface area (Å²) >= 11 is 1.53. The van der Waals surface area contributed by atoms with Gasteiger partial charge in [-0.3, -0.25) is 14.5 Å². The Morgan fingerprint density at radius 2 is 1.94 bits per heavy atom. The minimum Gasteiger partial charge on any atom is -0.497 e. The molecule has 0 saturated heterocycles. The fourth-order valence-corrected chi connectivity index (χ4v) is 4.87. The number of carbonyl (C=O) groups excluding carboxylic acids is 2. The minimum absolute atomic E-state index is 0.140. The average molecular weight is 483 g/mol. The van der Waals surface area contributed by atoms with Gasteiger partial charge in [0.15, 0.2) is 0 Å². The number of carbonyl (C=O) groups is 2. The monoisotopic (exact) mass is 482 g/mol. The second kappa shape index (κ2) is 14.4. The van der Waals surface area contributed by atoms with E-state index in [-0.39, 0.29) is 24.3 Å². The van der Waals surface area contributed by atoms with Crippen molar-refractivity contribution in [1.82, 2.24) is 5.32 Å². The Kier molecular flexibility index (Phi) is 11.6. The van der Waals surface area contributed by atoms with Crippen LogP contribution in [0.25, 0.3) is 0 Å². The molecule has 1 aliphatic rings. The second-order valence-corrected chi connectivity index (χ2v) is 8.99. The molecule has 2 amide bonds. The van der Waals surface area contributed by atoms with E-state index in [1.54, 1.807) is 24.2 Å². The van der Waals surface area contributed by atoms with Crippen LogP contribution in [-0.2, 0) is 16.0 Å². The SMILES string of the molecule is C=C/C(=C\C)C(C(=O)NC1CCCCC1)N(C(=O)Cc1cccs1)c1cccc(OC)c1.CC. The van der Waals surface area contributed by atoms with Crippen molar-refractivity contribution in [3.8, 4) is 5.75 Å². The molecule has 1 aromatic heterocycles. The fraction of sp³-hybridized carbons (Fsp3) is 0.429. The fourth-order valence-electron chi connectivity index (χ4n) is 4.18. The van der Waals surface area contributed by atoms with Crippen molar-refractivity contribution in [2.75, 3.05) is 12.0 Å². The highest BCUT2D eigenvalue weighted by Gasteiger charge is 2.34. The first-order valence-electron chi connectivity index (χ1n) is 12.1. The molecule has 1 fully saturated rings. The lowest BCUT2D eigenvalue weighted by atomic mass is 9.94. The first-order chi connectivity index (χ1) is 16.6. The van der Waals surface area contributed by atoms with Crippen molar-refractivity contribution < 1.29 is 14.3 Å². The van der Waals surface area contributed by atoms with Crippen molar-refractivity contribution in [2.45, 2.75) is 71.4 Å². The van der Waals surface area contributed by atoms with Gasteiger partial charge in [-0.05, 0) is 48.9 Å². The van der Waals surface area contributed by atoms with Gasteiger partial charge in [-0.25, -0.2) is 0 Å². The van der Waals surface area contributed by atoms with E-state index < -0.39 is 6.04 Å². The van der Waals surface area contributed by atoms with Gasteiger partial charge in [-0.1, -0.05) is 64.0 Å². The molecule has 2 aromatic rings. The Hall–Kier alpha value is -2.86. The van der Waals surface area contributed by atoms with Gasteiger partial charge >= 0.3 is 0 Å². The molecule has 184 valence electrons. The molecule has 34 heavy (non-hydrogen) atoms. The molecule has 0 bridgehead atoms. The third-order valence-corrected chi connectivity index (χ3v) is 6.73. The van der Waals surface area contributed by atoms with Crippen molar-refractivity contribution in [3.63, 3.8) is 0 Å². The lowest BCUT2D eigenvalue weighted by molar-refractivity contribution is -0.126. The number of hydrogen-bond acceptors (Lipinski definition) is 4. The third-order valence-electron chi connectivity index (χ3n) is 5.85. The van der Waals surface area contributed by atoms with E-state index in [2.05, 4.69) is 11.9 Å². The molecule has 1 atom stereocenters. The average Bonchev–Trinajstić information content (AvgIpc) is 3.39. The van der Waals surface area contributed by atoms with E-state index in [1.807, 2.05) is 62.6 Å². The van der Waals surface area contributed by atoms with Crippen LogP contribution in [0.2, 0.25) is 0 Å². The minimum atomic E-state index is -0.806. The van der Waals surface area contributed by atoms with E-state index in [1.165, 1.54) is 17.8 Å². The van der Waals surface area contributed by atoms with Gasteiger partial charge in [0.25, 0.3) is 0 Å². The maximum absolute atomic E-state index is 13.6. The van der Waals surface area contributed by atoms with Crippen LogP contribution in [-0.4, -0.2) is 31.0 Å². The lowest BCUT2D eigenvalue weighted by Crippen LogP contribution is -2.53. The Morgan fingerprint density at radius 3 is 2.53 bits per heavy atom. The number of allylic oxidation sites excluding steroid dienone is 1. The van der Waals surface area contributed by atoms with E-state index >= 15 is 0 Å². The second-order valence-electron chi connectivity index (χ2n) is 7.96. The van der Waals surface area contributed by atoms with Gasteiger partial charge in [-0.2, -0.15) is 0 Å². The van der Waals surface area contributed by atoms with Gasteiger partial charge in [0.1, 0.15) is 11.8 Å². The highest BCUT2D eigenvalue weighted by Crippen LogP contribution is 2.28. The van der Waals surface area contributed by atoms with Crippen LogP contribution in [0.5, 0.6) is 5.75 Å². The summed E-state index contributed by atoms with van der Waals surface area (Å²) in [4.78, 5) is 29.8. The molecule has 3 rings (SSSR count). The molecule has 0 aliphatic heterocycles. The number of amides is 2. The van der Waals surface area contributed by atoms with Gasteiger partial charge in [0.2, 0.25) is 11.8 Å². The van der Waals surface area contributed by atoms with Gasteiger partial charge in [-0.15, -0.1) is 11.3 Å². The van der Waals surface area contributed by atoms with E-state index in [0.717, 1.165) is 30.6 Å². The number of benzene rings is 1. The first kappa shape index (κ1) is 27.4. The lowest BCUT2D eigenvalue weighted by Gasteiger charge is -2.34. The smallest absolute Gasteiger partial charge is 0.248 e. The summed E-state index contributed by atoms with van der Waals surface area (Å²) in [5.41, 5.74) is 1.32. The quantitative estimate of drug-likeness (QED) is 0.426. The maximum atomic E-state index is 13.6. The summed E-state index contributed by atoms with van der Waals surface area (Å²) in [7, 11) is 1.59. The topological polar surface area (TPSA) is 58.6 Å². The number of ether oxygens (including phenoxy) is 1. The predicted octanol–water partition coefficient (Wildman–Crippen LogP) is 6.31. The van der Waals surface area contributed by atoms with Crippen LogP contribution >= 0.6 is 11.3 Å². The number of anilines is 1. The van der Waals surface area contributed by atoms with Crippen molar-refractivity contribution in [1.29, 1.82) is 0 Å². The summed E-state index contributed by atoms with van der Waals surface area (Å²) in [5, 5.41) is 5.16. The first-order valence-corrected chi connectivity index (χ1v) is 13.0. The van der Waals surface area contributed by atoms with Crippen LogP contribution in [0.15, 0.2) is 66.1 Å². The normalized spacial score (nSPS) is 14.9. The van der Waals surface area contributed by atoms with Gasteiger partial charge in [0.05, 0.1) is 13.5 Å². The maximum Gasteiger partial charge on any atom is 0.248 e. The van der Waals surface area contributed by atoms with Crippen LogP contribution in [0.1, 0.15) is 57.8 Å². The summed E-state index contributed by atoms with van der Waals surface area (Å²) in [6.07, 6.45) is 9.11. The zero-order valence-corrected chi connectivity index (χ0v) is 21.7. The van der Waals surface area contributed by atoms with E-state index in [9.17, 15) is 9.59 Å². The molecule has 6 heteroatoms. The summed E-state index contributed by atoms with van der Waals surface area (Å²) in [6, 6.07) is 10.5. The molecule has 1 unspecified atom stereocenters. The number of methoxy groups -OCH3 is 1. The Labute approximate surface area is 208 Å². The highest BCUT2D eigenvalue weighted by atomic mass is 32.1. The molecular formula is C28H38N2O3S. The number of nitrogens with zero attached hydrogens (tertiary/aromatic N) is 1. The largest absolute Gasteiger partial charge is 0.497 e. The van der Waals surface area contributed by atoms with Crippen LogP contribution in [0, 0.1) is 0 Å². The molecule has 0 spiro atoms. The molecule has 0 radical (unpaired) electrons. The van der Waals surface area contributed by atoms with E-state index in [4.69, 9.17) is 4.74 Å². The Morgan fingerprint density at radius 1 is 1.21 bits per heavy atom. The summed E-state index contributed by atoms with van der Waals surface area (Å²) in [6.45, 7) is 9.78. The zero-order chi connectivity index (χ0) is 24.9. The predicted molar refractivity (Wildman–Crippen MR) is 143 cm³/mol. The van der Waals surface area contributed by atoms with Gasteiger partial charge in [0, 0.05) is 22.7 Å². The van der Waals surface area contributed by atoms with Crippen molar-refractivity contribution in [2.24, 2.45) is 0 Å². The number of thiophene rings is 1. The third kappa shape index (κ3) is 7.32. The zero-order valence-electron chi connectivity index (χ0n) is 20.9. The number of rotatable bonds is 9. The molecular weight excluding hydrogens is 444 g/mol. The number of hydrogen-bond donors (Lipinski definition) is 1. The van der Waals surface area contributed by atoms with Crippen LogP contribution in [0.3, 0.4) is 0 Å². The van der Waals surface area contributed by atoms with Crippen molar-refractivity contribution in [3.05, 3.63) is 71.0 Å². The molecule has 1 N–H and O–H groups in total. The van der Waals surface area contributed by atoms with Gasteiger partial charge < -0.3 is 10.1 Å². The molecule has 1 saturated carbocycles. The van der Waals surface area contributed by atoms with Crippen LogP contribution in [0.4, 0.5) is 5.69 Å². The summed E-state index contributed by atoms with van der Waals surface area (Å²) < 4.78 is 5.39. The molecule has 1 heterocycles. The Bertz CT molecular complexity index is 946.